The Labute approximate surface area is 222 Å². The molecular formula is C31H32N3O4+. The summed E-state index contributed by atoms with van der Waals surface area (Å²) in [6.07, 6.45) is 5.52. The van der Waals surface area contributed by atoms with Crippen molar-refractivity contribution in [3.05, 3.63) is 102 Å². The lowest BCUT2D eigenvalue weighted by atomic mass is 10.1. The van der Waals surface area contributed by atoms with Gasteiger partial charge in [-0.25, -0.2) is 9.78 Å². The van der Waals surface area contributed by atoms with Gasteiger partial charge in [-0.05, 0) is 66.8 Å². The second-order valence-corrected chi connectivity index (χ2v) is 9.52. The fourth-order valence-corrected chi connectivity index (χ4v) is 4.63. The van der Waals surface area contributed by atoms with Crippen LogP contribution in [-0.2, 0) is 12.8 Å². The monoisotopic (exact) mass is 510 g/mol. The van der Waals surface area contributed by atoms with Gasteiger partial charge in [-0.15, -0.1) is 0 Å². The van der Waals surface area contributed by atoms with Crippen LogP contribution >= 0.6 is 0 Å². The summed E-state index contributed by atoms with van der Waals surface area (Å²) in [5.41, 5.74) is 4.50. The molecule has 0 bridgehead atoms. The summed E-state index contributed by atoms with van der Waals surface area (Å²) in [6, 6.07) is 24.4. The number of rotatable bonds is 11. The lowest BCUT2D eigenvalue weighted by Gasteiger charge is -2.09. The standard InChI is InChI=1S/C31H31N3O4/c35-17-5-2-6-18-38-26-15-11-24(12-16-26)29-21-34-30(27(32-29)19-22-7-3-1-4-8-22)33-28(31(34)37)20-23-9-13-25(36)14-10-23/h1,3-4,7-16,21,28,35-36H,2,5-6,17-20H2/p+1. The number of aliphatic hydroxyl groups is 1. The number of hydrogen-bond acceptors (Lipinski definition) is 6. The number of nitrogens with zero attached hydrogens (tertiary/aromatic N) is 2. The van der Waals surface area contributed by atoms with Gasteiger partial charge in [0.15, 0.2) is 6.04 Å². The largest absolute Gasteiger partial charge is 0.508 e. The zero-order valence-electron chi connectivity index (χ0n) is 21.2. The van der Waals surface area contributed by atoms with Crippen LogP contribution < -0.4 is 14.6 Å². The average Bonchev–Trinajstić information content (AvgIpc) is 3.26. The van der Waals surface area contributed by atoms with E-state index in [1.165, 1.54) is 0 Å². The highest BCUT2D eigenvalue weighted by atomic mass is 16.5. The minimum Gasteiger partial charge on any atom is -0.508 e. The Morgan fingerprint density at radius 3 is 2.39 bits per heavy atom. The first kappa shape index (κ1) is 25.4. The van der Waals surface area contributed by atoms with Crippen LogP contribution in [0, 0.1) is 0 Å². The van der Waals surface area contributed by atoms with E-state index < -0.39 is 6.04 Å². The van der Waals surface area contributed by atoms with Gasteiger partial charge in [0.1, 0.15) is 29.1 Å². The number of aromatic hydroxyl groups is 1. The normalized spacial score (nSPS) is 14.2. The SMILES string of the molecule is O=C1C(Cc2ccc(O)cc2)Nc2c(Cc3ccccc3)nc(-c3ccc(OCCCCCO)cc3)c[n+]21. The molecular weight excluding hydrogens is 478 g/mol. The number of fused-ring (bicyclic) bond motifs is 1. The van der Waals surface area contributed by atoms with Crippen molar-refractivity contribution in [1.82, 2.24) is 4.98 Å². The Balaban J connectivity index is 1.40. The van der Waals surface area contributed by atoms with Crippen molar-refractivity contribution in [2.24, 2.45) is 0 Å². The van der Waals surface area contributed by atoms with Crippen LogP contribution in [0.2, 0.25) is 0 Å². The Hall–Kier alpha value is -4.23. The molecule has 0 radical (unpaired) electrons. The van der Waals surface area contributed by atoms with E-state index in [0.29, 0.717) is 25.3 Å². The summed E-state index contributed by atoms with van der Waals surface area (Å²) in [5.74, 6) is 1.67. The summed E-state index contributed by atoms with van der Waals surface area (Å²) >= 11 is 0. The maximum absolute atomic E-state index is 13.5. The highest BCUT2D eigenvalue weighted by Gasteiger charge is 2.41. The predicted molar refractivity (Wildman–Crippen MR) is 145 cm³/mol. The molecule has 1 aliphatic rings. The van der Waals surface area contributed by atoms with Gasteiger partial charge < -0.3 is 14.9 Å². The van der Waals surface area contributed by atoms with Gasteiger partial charge in [-0.1, -0.05) is 42.5 Å². The van der Waals surface area contributed by atoms with Gasteiger partial charge in [0.25, 0.3) is 0 Å². The zero-order valence-corrected chi connectivity index (χ0v) is 21.2. The van der Waals surface area contributed by atoms with Gasteiger partial charge in [-0.2, -0.15) is 4.57 Å². The number of phenolic OH excluding ortho intramolecular Hbond substituents is 1. The molecule has 0 fully saturated rings. The lowest BCUT2D eigenvalue weighted by Crippen LogP contribution is -2.44. The van der Waals surface area contributed by atoms with Crippen LogP contribution in [-0.4, -0.2) is 40.4 Å². The number of hydrogen-bond donors (Lipinski definition) is 3. The van der Waals surface area contributed by atoms with Gasteiger partial charge in [-0.3, -0.25) is 5.32 Å². The van der Waals surface area contributed by atoms with E-state index >= 15 is 0 Å². The fourth-order valence-electron chi connectivity index (χ4n) is 4.63. The van der Waals surface area contributed by atoms with Crippen molar-refractivity contribution in [3.8, 4) is 22.8 Å². The molecule has 2 heterocycles. The van der Waals surface area contributed by atoms with E-state index in [-0.39, 0.29) is 18.3 Å². The molecule has 0 aliphatic carbocycles. The van der Waals surface area contributed by atoms with Crippen molar-refractivity contribution in [1.29, 1.82) is 0 Å². The number of aliphatic hydroxyl groups excluding tert-OH is 1. The smallest absolute Gasteiger partial charge is 0.359 e. The van der Waals surface area contributed by atoms with Crippen LogP contribution in [0.15, 0.2) is 85.1 Å². The Morgan fingerprint density at radius 1 is 0.895 bits per heavy atom. The highest BCUT2D eigenvalue weighted by molar-refractivity contribution is 5.82. The van der Waals surface area contributed by atoms with Crippen LogP contribution in [0.25, 0.3) is 11.3 Å². The van der Waals surface area contributed by atoms with Gasteiger partial charge >= 0.3 is 11.7 Å². The Kier molecular flexibility index (Phi) is 7.95. The third kappa shape index (κ3) is 6.01. The van der Waals surface area contributed by atoms with Crippen molar-refractivity contribution in [2.45, 2.75) is 38.1 Å². The highest BCUT2D eigenvalue weighted by Crippen LogP contribution is 2.26. The molecule has 194 valence electrons. The second kappa shape index (κ2) is 11.9. The van der Waals surface area contributed by atoms with Crippen molar-refractivity contribution in [3.63, 3.8) is 0 Å². The Morgan fingerprint density at radius 2 is 1.66 bits per heavy atom. The molecule has 3 N–H and O–H groups in total. The molecule has 7 heteroatoms. The maximum atomic E-state index is 13.5. The summed E-state index contributed by atoms with van der Waals surface area (Å²) in [6.45, 7) is 0.818. The fraction of sp³-hybridized carbons (Fsp3) is 0.258. The average molecular weight is 511 g/mol. The number of nitrogens with one attached hydrogen (secondary N) is 1. The molecule has 4 aromatic rings. The van der Waals surface area contributed by atoms with Crippen molar-refractivity contribution >= 4 is 11.7 Å². The molecule has 1 aliphatic heterocycles. The zero-order chi connectivity index (χ0) is 26.3. The van der Waals surface area contributed by atoms with Crippen LogP contribution in [0.4, 0.5) is 5.82 Å². The molecule has 0 saturated carbocycles. The number of carbonyl (C=O) groups is 1. The molecule has 0 amide bonds. The van der Waals surface area contributed by atoms with Crippen LogP contribution in [0.3, 0.4) is 0 Å². The van der Waals surface area contributed by atoms with Crippen LogP contribution in [0.5, 0.6) is 11.5 Å². The Bertz CT molecular complexity index is 1370. The summed E-state index contributed by atoms with van der Waals surface area (Å²) in [7, 11) is 0. The number of ether oxygens (including phenoxy) is 1. The third-order valence-corrected chi connectivity index (χ3v) is 6.68. The maximum Gasteiger partial charge on any atom is 0.359 e. The third-order valence-electron chi connectivity index (χ3n) is 6.68. The number of unbranched alkanes of at least 4 members (excludes halogenated alkanes) is 2. The van der Waals surface area contributed by atoms with E-state index in [4.69, 9.17) is 14.8 Å². The molecule has 7 nitrogen and oxygen atoms in total. The molecule has 5 rings (SSSR count). The first-order chi connectivity index (χ1) is 18.6. The summed E-state index contributed by atoms with van der Waals surface area (Å²) in [4.78, 5) is 18.5. The lowest BCUT2D eigenvalue weighted by molar-refractivity contribution is -0.552. The molecule has 1 aromatic heterocycles. The van der Waals surface area contributed by atoms with Gasteiger partial charge in [0.2, 0.25) is 0 Å². The number of aromatic nitrogens is 2. The van der Waals surface area contributed by atoms with E-state index in [1.807, 2.05) is 54.6 Å². The molecule has 0 saturated heterocycles. The van der Waals surface area contributed by atoms with Gasteiger partial charge in [0.05, 0.1) is 6.61 Å². The first-order valence-electron chi connectivity index (χ1n) is 13.0. The molecule has 1 atom stereocenters. The number of benzene rings is 3. The van der Waals surface area contributed by atoms with E-state index in [0.717, 1.165) is 53.1 Å². The molecule has 0 spiro atoms. The van der Waals surface area contributed by atoms with Crippen molar-refractivity contribution in [2.75, 3.05) is 18.5 Å². The van der Waals surface area contributed by atoms with Gasteiger partial charge in [0, 0.05) is 25.0 Å². The molecule has 3 aromatic carbocycles. The summed E-state index contributed by atoms with van der Waals surface area (Å²) < 4.78 is 7.52. The number of carbonyl (C=O) groups excluding carboxylic acids is 1. The minimum atomic E-state index is -0.423. The van der Waals surface area contributed by atoms with E-state index in [9.17, 15) is 9.90 Å². The number of anilines is 1. The first-order valence-corrected chi connectivity index (χ1v) is 13.0. The topological polar surface area (TPSA) is 95.6 Å². The van der Waals surface area contributed by atoms with E-state index in [2.05, 4.69) is 17.4 Å². The number of phenols is 1. The summed E-state index contributed by atoms with van der Waals surface area (Å²) in [5, 5.41) is 21.9. The quantitative estimate of drug-likeness (QED) is 0.202. The minimum absolute atomic E-state index is 0.0335. The van der Waals surface area contributed by atoms with E-state index in [1.54, 1.807) is 22.9 Å². The molecule has 38 heavy (non-hydrogen) atoms. The second-order valence-electron chi connectivity index (χ2n) is 9.52. The van der Waals surface area contributed by atoms with Crippen molar-refractivity contribution < 1.29 is 24.3 Å². The van der Waals surface area contributed by atoms with Crippen LogP contribution in [0.1, 0.15) is 40.9 Å². The molecule has 1 unspecified atom stereocenters. The predicted octanol–water partition coefficient (Wildman–Crippen LogP) is 4.55.